The van der Waals surface area contributed by atoms with Crippen LogP contribution in [-0.4, -0.2) is 9.88 Å². The van der Waals surface area contributed by atoms with Crippen LogP contribution in [-0.2, 0) is 15.5 Å². The maximum Gasteiger partial charge on any atom is 0.363 e. The zero-order chi connectivity index (χ0) is 21.2. The highest BCUT2D eigenvalue weighted by Crippen LogP contribution is 2.49. The van der Waals surface area contributed by atoms with E-state index in [0.717, 1.165) is 16.9 Å². The standard InChI is InChI=1S/C20H24ClN2O4PS/c1-4-15(13-5-7-14(21)8-6-13)27-28(24,25)16-9-10-26-19(16)18-17(11-12(2)3)29-20(22)23-18/h5-10,12,15H,4,11H2,1-3H3,(H2,22,23)(H,24,25). The van der Waals surface area contributed by atoms with Gasteiger partial charge in [-0.05, 0) is 42.5 Å². The van der Waals surface area contributed by atoms with E-state index in [1.54, 1.807) is 24.3 Å². The lowest BCUT2D eigenvalue weighted by Crippen LogP contribution is -2.12. The molecule has 29 heavy (non-hydrogen) atoms. The number of rotatable bonds is 8. The lowest BCUT2D eigenvalue weighted by molar-refractivity contribution is 0.178. The van der Waals surface area contributed by atoms with Gasteiger partial charge in [-0.15, -0.1) is 11.3 Å². The largest absolute Gasteiger partial charge is 0.462 e. The molecule has 2 heterocycles. The Hall–Kier alpha value is -1.63. The van der Waals surface area contributed by atoms with Crippen molar-refractivity contribution in [1.29, 1.82) is 0 Å². The highest BCUT2D eigenvalue weighted by molar-refractivity contribution is 7.61. The van der Waals surface area contributed by atoms with Gasteiger partial charge < -0.3 is 15.0 Å². The summed E-state index contributed by atoms with van der Waals surface area (Å²) < 4.78 is 24.5. The normalized spacial score (nSPS) is 14.8. The minimum absolute atomic E-state index is 0.0835. The molecular formula is C20H24ClN2O4PS. The van der Waals surface area contributed by atoms with Crippen molar-refractivity contribution in [2.24, 2.45) is 5.92 Å². The van der Waals surface area contributed by atoms with Crippen LogP contribution in [0.4, 0.5) is 5.13 Å². The molecule has 0 saturated heterocycles. The van der Waals surface area contributed by atoms with E-state index in [9.17, 15) is 9.46 Å². The van der Waals surface area contributed by atoms with Crippen molar-refractivity contribution < 1.29 is 18.4 Å². The number of nitrogens with zero attached hydrogens (tertiary/aromatic N) is 1. The Morgan fingerprint density at radius 1 is 1.31 bits per heavy atom. The topological polar surface area (TPSA) is 98.6 Å². The Balaban J connectivity index is 1.94. The van der Waals surface area contributed by atoms with Crippen molar-refractivity contribution in [3.05, 3.63) is 52.1 Å². The quantitative estimate of drug-likeness (QED) is 0.416. The van der Waals surface area contributed by atoms with Gasteiger partial charge in [0.1, 0.15) is 11.0 Å². The monoisotopic (exact) mass is 454 g/mol. The molecule has 1 aromatic carbocycles. The van der Waals surface area contributed by atoms with E-state index in [2.05, 4.69) is 18.8 Å². The van der Waals surface area contributed by atoms with Gasteiger partial charge in [-0.2, -0.15) is 0 Å². The Morgan fingerprint density at radius 3 is 2.62 bits per heavy atom. The number of aromatic nitrogens is 1. The first kappa shape index (κ1) is 22.1. The number of anilines is 1. The molecule has 3 rings (SSSR count). The molecule has 0 bridgehead atoms. The molecule has 0 radical (unpaired) electrons. The lowest BCUT2D eigenvalue weighted by atomic mass is 10.1. The van der Waals surface area contributed by atoms with Crippen molar-refractivity contribution in [2.75, 3.05) is 5.73 Å². The summed E-state index contributed by atoms with van der Waals surface area (Å²) in [6.07, 6.45) is 2.06. The number of halogens is 1. The van der Waals surface area contributed by atoms with Gasteiger partial charge in [0.2, 0.25) is 0 Å². The van der Waals surface area contributed by atoms with Crippen LogP contribution in [0.15, 0.2) is 41.0 Å². The van der Waals surface area contributed by atoms with E-state index >= 15 is 0 Å². The Labute approximate surface area is 179 Å². The summed E-state index contributed by atoms with van der Waals surface area (Å²) in [5, 5.41) is 1.06. The van der Waals surface area contributed by atoms with Crippen LogP contribution in [0, 0.1) is 5.92 Å². The van der Waals surface area contributed by atoms with Crippen LogP contribution in [0.1, 0.15) is 43.7 Å². The van der Waals surface area contributed by atoms with Crippen molar-refractivity contribution in [3.8, 4) is 11.5 Å². The third-order valence-electron chi connectivity index (χ3n) is 4.35. The maximum atomic E-state index is 13.2. The molecule has 0 spiro atoms. The van der Waals surface area contributed by atoms with Crippen molar-refractivity contribution in [2.45, 2.75) is 39.7 Å². The summed E-state index contributed by atoms with van der Waals surface area (Å²) in [7, 11) is -4.20. The summed E-state index contributed by atoms with van der Waals surface area (Å²) in [5.74, 6) is 0.601. The predicted molar refractivity (Wildman–Crippen MR) is 118 cm³/mol. The highest BCUT2D eigenvalue weighted by Gasteiger charge is 2.34. The number of nitrogen functional groups attached to an aromatic ring is 1. The fourth-order valence-corrected chi connectivity index (χ4v) is 5.60. The van der Waals surface area contributed by atoms with Crippen LogP contribution in [0.2, 0.25) is 5.02 Å². The van der Waals surface area contributed by atoms with E-state index in [1.165, 1.54) is 23.7 Å². The Bertz CT molecular complexity index is 1020. The smallest absolute Gasteiger partial charge is 0.363 e. The summed E-state index contributed by atoms with van der Waals surface area (Å²) >= 11 is 7.30. The van der Waals surface area contributed by atoms with Crippen molar-refractivity contribution in [1.82, 2.24) is 4.98 Å². The molecule has 0 aliphatic rings. The first-order chi connectivity index (χ1) is 13.7. The molecule has 6 nitrogen and oxygen atoms in total. The van der Waals surface area contributed by atoms with E-state index in [4.69, 9.17) is 26.3 Å². The first-order valence-electron chi connectivity index (χ1n) is 9.31. The number of benzene rings is 1. The third kappa shape index (κ3) is 5.11. The fraction of sp³-hybridized carbons (Fsp3) is 0.350. The SMILES string of the molecule is CCC(OP(=O)(O)c1ccoc1-c1nc(N)sc1CC(C)C)c1ccc(Cl)cc1. The first-order valence-corrected chi connectivity index (χ1v) is 12.1. The zero-order valence-electron chi connectivity index (χ0n) is 16.5. The number of furan rings is 1. The minimum Gasteiger partial charge on any atom is -0.462 e. The number of hydrogen-bond donors (Lipinski definition) is 2. The van der Waals surface area contributed by atoms with Crippen LogP contribution in [0.25, 0.3) is 11.5 Å². The van der Waals surface area contributed by atoms with Crippen LogP contribution in [0.3, 0.4) is 0 Å². The summed E-state index contributed by atoms with van der Waals surface area (Å²) in [6, 6.07) is 8.48. The number of thiazole rings is 1. The van der Waals surface area contributed by atoms with Gasteiger partial charge in [-0.25, -0.2) is 4.98 Å². The van der Waals surface area contributed by atoms with Crippen LogP contribution < -0.4 is 11.0 Å². The molecule has 156 valence electrons. The summed E-state index contributed by atoms with van der Waals surface area (Å²) in [5.41, 5.74) is 7.17. The molecule has 2 unspecified atom stereocenters. The Kier molecular flexibility index (Phi) is 6.87. The highest BCUT2D eigenvalue weighted by atomic mass is 35.5. The van der Waals surface area contributed by atoms with E-state index in [1.807, 2.05) is 6.92 Å². The minimum atomic E-state index is -4.20. The number of nitrogens with two attached hydrogens (primary N) is 1. The van der Waals surface area contributed by atoms with Crippen molar-refractivity contribution >= 4 is 41.0 Å². The maximum absolute atomic E-state index is 13.2. The summed E-state index contributed by atoms with van der Waals surface area (Å²) in [4.78, 5) is 16.1. The van der Waals surface area contributed by atoms with E-state index in [0.29, 0.717) is 28.2 Å². The fourth-order valence-electron chi connectivity index (χ4n) is 3.04. The van der Waals surface area contributed by atoms with Gasteiger partial charge in [0.15, 0.2) is 10.9 Å². The van der Waals surface area contributed by atoms with Gasteiger partial charge in [0.05, 0.1) is 12.4 Å². The molecule has 3 N–H and O–H groups in total. The molecular weight excluding hydrogens is 431 g/mol. The zero-order valence-corrected chi connectivity index (χ0v) is 18.9. The molecule has 0 amide bonds. The lowest BCUT2D eigenvalue weighted by Gasteiger charge is -2.20. The molecule has 2 aromatic heterocycles. The average molecular weight is 455 g/mol. The van der Waals surface area contributed by atoms with Gasteiger partial charge in [-0.1, -0.05) is 44.5 Å². The molecule has 0 aliphatic carbocycles. The molecule has 0 fully saturated rings. The predicted octanol–water partition coefficient (Wildman–Crippen LogP) is 5.82. The van der Waals surface area contributed by atoms with Crippen LogP contribution in [0.5, 0.6) is 0 Å². The molecule has 0 saturated carbocycles. The molecule has 3 aromatic rings. The van der Waals surface area contributed by atoms with E-state index < -0.39 is 13.7 Å². The second-order valence-corrected chi connectivity index (χ2v) is 10.4. The second-order valence-electron chi connectivity index (χ2n) is 7.13. The van der Waals surface area contributed by atoms with Crippen molar-refractivity contribution in [3.63, 3.8) is 0 Å². The van der Waals surface area contributed by atoms with E-state index in [-0.39, 0.29) is 11.1 Å². The molecule has 9 heteroatoms. The van der Waals surface area contributed by atoms with Gasteiger partial charge in [0.25, 0.3) is 0 Å². The van der Waals surface area contributed by atoms with Crippen LogP contribution >= 0.6 is 30.5 Å². The molecule has 2 atom stereocenters. The van der Waals surface area contributed by atoms with Gasteiger partial charge in [0, 0.05) is 9.90 Å². The van der Waals surface area contributed by atoms with Gasteiger partial charge >= 0.3 is 7.60 Å². The Morgan fingerprint density at radius 2 is 2.00 bits per heavy atom. The molecule has 0 aliphatic heterocycles. The second kappa shape index (κ2) is 9.02. The average Bonchev–Trinajstić information content (AvgIpc) is 3.27. The third-order valence-corrected chi connectivity index (χ3v) is 7.01. The summed E-state index contributed by atoms with van der Waals surface area (Å²) in [6.45, 7) is 6.05. The number of hydrogen-bond acceptors (Lipinski definition) is 6. The van der Waals surface area contributed by atoms with Gasteiger partial charge in [-0.3, -0.25) is 9.09 Å².